The summed E-state index contributed by atoms with van der Waals surface area (Å²) in [5.41, 5.74) is 0. The summed E-state index contributed by atoms with van der Waals surface area (Å²) in [5.74, 6) is 0.220. The van der Waals surface area contributed by atoms with Gasteiger partial charge in [0.05, 0.1) is 12.6 Å². The van der Waals surface area contributed by atoms with Crippen molar-refractivity contribution in [3.63, 3.8) is 0 Å². The first-order valence-corrected chi connectivity index (χ1v) is 6.48. The van der Waals surface area contributed by atoms with Gasteiger partial charge in [-0.25, -0.2) is 0 Å². The maximum absolute atomic E-state index is 12.2. The molecule has 0 radical (unpaired) electrons. The van der Waals surface area contributed by atoms with E-state index in [-0.39, 0.29) is 18.1 Å². The number of hydrogen-bond donors (Lipinski definition) is 2. The zero-order valence-electron chi connectivity index (χ0n) is 11.0. The van der Waals surface area contributed by atoms with E-state index in [4.69, 9.17) is 0 Å². The minimum Gasteiger partial charge on any atom is -0.393 e. The highest BCUT2D eigenvalue weighted by Gasteiger charge is 2.34. The molecular formula is C12H23F3N2O. The van der Waals surface area contributed by atoms with Gasteiger partial charge in [0.1, 0.15) is 0 Å². The largest absolute Gasteiger partial charge is 0.401 e. The summed E-state index contributed by atoms with van der Waals surface area (Å²) in [6.07, 6.45) is -3.06. The fourth-order valence-electron chi connectivity index (χ4n) is 2.17. The predicted molar refractivity (Wildman–Crippen MR) is 64.4 cm³/mol. The highest BCUT2D eigenvalue weighted by Crippen LogP contribution is 2.19. The quantitative estimate of drug-likeness (QED) is 0.768. The van der Waals surface area contributed by atoms with E-state index in [9.17, 15) is 18.3 Å². The third-order valence-corrected chi connectivity index (χ3v) is 3.32. The lowest BCUT2D eigenvalue weighted by molar-refractivity contribution is -0.143. The van der Waals surface area contributed by atoms with E-state index in [2.05, 4.69) is 5.32 Å². The van der Waals surface area contributed by atoms with Gasteiger partial charge in [-0.3, -0.25) is 4.90 Å². The van der Waals surface area contributed by atoms with E-state index in [1.54, 1.807) is 0 Å². The molecule has 0 aliphatic carbocycles. The van der Waals surface area contributed by atoms with Crippen molar-refractivity contribution in [3.05, 3.63) is 0 Å². The fourth-order valence-corrected chi connectivity index (χ4v) is 2.17. The van der Waals surface area contributed by atoms with Crippen molar-refractivity contribution >= 4 is 0 Å². The molecule has 1 rings (SSSR count). The third kappa shape index (κ3) is 6.02. The summed E-state index contributed by atoms with van der Waals surface area (Å²) in [6.45, 7) is 4.67. The van der Waals surface area contributed by atoms with Gasteiger partial charge in [-0.2, -0.15) is 13.2 Å². The number of nitrogens with one attached hydrogen (secondary N) is 1. The minimum atomic E-state index is -4.11. The number of aliphatic hydroxyl groups excluding tert-OH is 1. The van der Waals surface area contributed by atoms with Crippen LogP contribution in [0.2, 0.25) is 0 Å². The van der Waals surface area contributed by atoms with E-state index < -0.39 is 12.7 Å². The molecule has 108 valence electrons. The fraction of sp³-hybridized carbons (Fsp3) is 1.00. The second-order valence-electron chi connectivity index (χ2n) is 5.39. The van der Waals surface area contributed by atoms with Crippen molar-refractivity contribution in [2.45, 2.75) is 45.0 Å². The minimum absolute atomic E-state index is 0.117. The number of likely N-dealkylation sites (tertiary alicyclic amines) is 1. The van der Waals surface area contributed by atoms with Crippen LogP contribution in [-0.4, -0.2) is 54.5 Å². The topological polar surface area (TPSA) is 35.5 Å². The summed E-state index contributed by atoms with van der Waals surface area (Å²) in [5, 5.41) is 12.8. The van der Waals surface area contributed by atoms with Crippen LogP contribution < -0.4 is 5.32 Å². The van der Waals surface area contributed by atoms with Crippen LogP contribution in [0.5, 0.6) is 0 Å². The van der Waals surface area contributed by atoms with E-state index in [1.165, 1.54) is 4.90 Å². The van der Waals surface area contributed by atoms with Gasteiger partial charge >= 0.3 is 6.18 Å². The lowest BCUT2D eigenvalue weighted by Crippen LogP contribution is -2.37. The molecular weight excluding hydrogens is 245 g/mol. The summed E-state index contributed by atoms with van der Waals surface area (Å²) < 4.78 is 36.6. The van der Waals surface area contributed by atoms with Crippen LogP contribution >= 0.6 is 0 Å². The van der Waals surface area contributed by atoms with Gasteiger partial charge < -0.3 is 10.4 Å². The number of aliphatic hydroxyl groups is 1. The SMILES string of the molecule is CC(C)[C@H](O)CCN[C@@H]1CCN(CC(F)(F)F)C1. The third-order valence-electron chi connectivity index (χ3n) is 3.32. The van der Waals surface area contributed by atoms with Crippen molar-refractivity contribution < 1.29 is 18.3 Å². The van der Waals surface area contributed by atoms with Crippen LogP contribution in [-0.2, 0) is 0 Å². The molecule has 6 heteroatoms. The number of halogens is 3. The van der Waals surface area contributed by atoms with Crippen molar-refractivity contribution in [2.75, 3.05) is 26.2 Å². The van der Waals surface area contributed by atoms with Crippen LogP contribution in [0, 0.1) is 5.92 Å². The van der Waals surface area contributed by atoms with Gasteiger partial charge in [0.15, 0.2) is 0 Å². The highest BCUT2D eigenvalue weighted by molar-refractivity contribution is 4.82. The van der Waals surface area contributed by atoms with E-state index in [1.807, 2.05) is 13.8 Å². The summed E-state index contributed by atoms with van der Waals surface area (Å²) in [6, 6.07) is 0.117. The van der Waals surface area contributed by atoms with Gasteiger partial charge in [-0.15, -0.1) is 0 Å². The molecule has 0 aromatic carbocycles. The Balaban J connectivity index is 2.15. The molecule has 1 aliphatic heterocycles. The molecule has 1 heterocycles. The van der Waals surface area contributed by atoms with Crippen LogP contribution in [0.25, 0.3) is 0 Å². The Bertz CT molecular complexity index is 246. The number of hydrogen-bond acceptors (Lipinski definition) is 3. The maximum atomic E-state index is 12.2. The molecule has 1 fully saturated rings. The summed E-state index contributed by atoms with van der Waals surface area (Å²) in [7, 11) is 0. The molecule has 0 saturated carbocycles. The lowest BCUT2D eigenvalue weighted by atomic mass is 10.0. The average molecular weight is 268 g/mol. The Hall–Kier alpha value is -0.330. The molecule has 0 bridgehead atoms. The molecule has 1 saturated heterocycles. The van der Waals surface area contributed by atoms with E-state index in [0.29, 0.717) is 26.1 Å². The monoisotopic (exact) mass is 268 g/mol. The van der Waals surface area contributed by atoms with Gasteiger partial charge in [-0.1, -0.05) is 13.8 Å². The van der Waals surface area contributed by atoms with Gasteiger partial charge in [-0.05, 0) is 25.3 Å². The Morgan fingerprint density at radius 3 is 2.61 bits per heavy atom. The zero-order chi connectivity index (χ0) is 13.8. The normalized spacial score (nSPS) is 23.8. The molecule has 0 aromatic heterocycles. The van der Waals surface area contributed by atoms with E-state index >= 15 is 0 Å². The zero-order valence-corrected chi connectivity index (χ0v) is 11.0. The molecule has 0 spiro atoms. The predicted octanol–water partition coefficient (Wildman–Crippen LogP) is 1.62. The van der Waals surface area contributed by atoms with E-state index in [0.717, 1.165) is 6.42 Å². The summed E-state index contributed by atoms with van der Waals surface area (Å²) >= 11 is 0. The second kappa shape index (κ2) is 6.73. The molecule has 0 unspecified atom stereocenters. The highest BCUT2D eigenvalue weighted by atomic mass is 19.4. The standard InChI is InChI=1S/C12H23F3N2O/c1-9(2)11(18)3-5-16-10-4-6-17(7-10)8-12(13,14)15/h9-11,16,18H,3-8H2,1-2H3/t10-,11-/m1/s1. The lowest BCUT2D eigenvalue weighted by Gasteiger charge is -2.19. The molecule has 0 amide bonds. The molecule has 1 aliphatic rings. The van der Waals surface area contributed by atoms with Crippen LogP contribution in [0.3, 0.4) is 0 Å². The van der Waals surface area contributed by atoms with Gasteiger partial charge in [0.25, 0.3) is 0 Å². The molecule has 18 heavy (non-hydrogen) atoms. The molecule has 3 nitrogen and oxygen atoms in total. The first-order chi connectivity index (χ1) is 8.28. The van der Waals surface area contributed by atoms with Crippen molar-refractivity contribution in [2.24, 2.45) is 5.92 Å². The number of alkyl halides is 3. The Morgan fingerprint density at radius 2 is 2.06 bits per heavy atom. The smallest absolute Gasteiger partial charge is 0.393 e. The van der Waals surface area contributed by atoms with Crippen LogP contribution in [0.15, 0.2) is 0 Å². The Morgan fingerprint density at radius 1 is 1.39 bits per heavy atom. The average Bonchev–Trinajstić information content (AvgIpc) is 2.62. The Labute approximate surface area is 106 Å². The van der Waals surface area contributed by atoms with Crippen molar-refractivity contribution in [1.29, 1.82) is 0 Å². The molecule has 0 aromatic rings. The number of nitrogens with zero attached hydrogens (tertiary/aromatic N) is 1. The number of rotatable bonds is 6. The van der Waals surface area contributed by atoms with Gasteiger partial charge in [0.2, 0.25) is 0 Å². The second-order valence-corrected chi connectivity index (χ2v) is 5.39. The van der Waals surface area contributed by atoms with Crippen LogP contribution in [0.1, 0.15) is 26.7 Å². The first kappa shape index (κ1) is 15.7. The Kier molecular flexibility index (Phi) is 5.88. The molecule has 2 N–H and O–H groups in total. The molecule has 2 atom stereocenters. The summed E-state index contributed by atoms with van der Waals surface area (Å²) in [4.78, 5) is 1.43. The van der Waals surface area contributed by atoms with Gasteiger partial charge in [0, 0.05) is 19.1 Å². The van der Waals surface area contributed by atoms with Crippen LogP contribution in [0.4, 0.5) is 13.2 Å². The maximum Gasteiger partial charge on any atom is 0.401 e. The first-order valence-electron chi connectivity index (χ1n) is 6.48. The van der Waals surface area contributed by atoms with Crippen molar-refractivity contribution in [1.82, 2.24) is 10.2 Å². The van der Waals surface area contributed by atoms with Crippen molar-refractivity contribution in [3.8, 4) is 0 Å².